The van der Waals surface area contributed by atoms with E-state index in [0.29, 0.717) is 22.5 Å². The minimum Gasteiger partial charge on any atom is -0.308 e. The summed E-state index contributed by atoms with van der Waals surface area (Å²) in [6.45, 7) is 8.28. The standard InChI is InChI=1S/C66H46F3N3/c1-40-9-17-44(18-10-40)48-25-29-60-54(33-48)55-34-49(45-19-11-41(2)12-20-45)26-30-61(55)71(60)64-37-52(53-7-5-6-8-59(53)66(67,68)69)38-65(58(64)39-70)72-62-31-27-50(46-21-13-42(3)14-22-46)35-56(62)57-36-51(28-32-63(57)72)47-23-15-43(4)16-24-47/h5-38H,1-4H3. The molecule has 0 atom stereocenters. The average Bonchev–Trinajstić information content (AvgIpc) is 3.90. The van der Waals surface area contributed by atoms with Crippen molar-refractivity contribution in [2.45, 2.75) is 33.9 Å². The molecular weight excluding hydrogens is 892 g/mol. The second kappa shape index (κ2) is 17.2. The van der Waals surface area contributed by atoms with E-state index >= 15 is 13.2 Å². The van der Waals surface area contributed by atoms with Gasteiger partial charge in [-0.05, 0) is 150 Å². The molecule has 0 aliphatic heterocycles. The number of aromatic nitrogens is 2. The Morgan fingerprint density at radius 2 is 0.639 bits per heavy atom. The van der Waals surface area contributed by atoms with Gasteiger partial charge in [0.05, 0.1) is 39.0 Å². The summed E-state index contributed by atoms with van der Waals surface area (Å²) in [4.78, 5) is 0. The molecule has 10 aromatic carbocycles. The van der Waals surface area contributed by atoms with Gasteiger partial charge >= 0.3 is 6.18 Å². The molecule has 0 radical (unpaired) electrons. The molecule has 12 aromatic rings. The fourth-order valence-corrected chi connectivity index (χ4v) is 10.5. The van der Waals surface area contributed by atoms with Crippen LogP contribution in [0.25, 0.3) is 111 Å². The van der Waals surface area contributed by atoms with Crippen LogP contribution in [-0.4, -0.2) is 9.13 Å². The van der Waals surface area contributed by atoms with Gasteiger partial charge in [0.1, 0.15) is 11.6 Å². The molecule has 346 valence electrons. The van der Waals surface area contributed by atoms with Crippen molar-refractivity contribution >= 4 is 43.6 Å². The van der Waals surface area contributed by atoms with Crippen molar-refractivity contribution < 1.29 is 13.2 Å². The molecule has 0 spiro atoms. The van der Waals surface area contributed by atoms with E-state index in [1.54, 1.807) is 18.2 Å². The van der Waals surface area contributed by atoms with E-state index in [-0.39, 0.29) is 5.56 Å². The molecule has 0 bridgehead atoms. The summed E-state index contributed by atoms with van der Waals surface area (Å²) in [6.07, 6.45) is -4.65. The zero-order valence-electron chi connectivity index (χ0n) is 40.1. The van der Waals surface area contributed by atoms with Gasteiger partial charge in [-0.3, -0.25) is 0 Å². The summed E-state index contributed by atoms with van der Waals surface area (Å²) in [7, 11) is 0. The molecule has 0 aliphatic rings. The van der Waals surface area contributed by atoms with Crippen LogP contribution in [0.5, 0.6) is 0 Å². The topological polar surface area (TPSA) is 33.6 Å². The number of hydrogen-bond donors (Lipinski definition) is 0. The first-order chi connectivity index (χ1) is 34.9. The van der Waals surface area contributed by atoms with Crippen molar-refractivity contribution in [1.82, 2.24) is 9.13 Å². The molecular formula is C66H46F3N3. The molecule has 2 heterocycles. The zero-order valence-corrected chi connectivity index (χ0v) is 40.1. The smallest absolute Gasteiger partial charge is 0.308 e. The summed E-state index contributed by atoms with van der Waals surface area (Å²) in [6, 6.07) is 71.1. The Hall–Kier alpha value is -8.92. The maximum Gasteiger partial charge on any atom is 0.417 e. The molecule has 0 N–H and O–H groups in total. The molecule has 0 saturated heterocycles. The highest BCUT2D eigenvalue weighted by molar-refractivity contribution is 6.14. The third kappa shape index (κ3) is 7.62. The average molecular weight is 938 g/mol. The predicted molar refractivity (Wildman–Crippen MR) is 291 cm³/mol. The highest BCUT2D eigenvalue weighted by atomic mass is 19.4. The lowest BCUT2D eigenvalue weighted by Gasteiger charge is -2.20. The van der Waals surface area contributed by atoms with E-state index in [2.05, 4.69) is 213 Å². The highest BCUT2D eigenvalue weighted by Gasteiger charge is 2.34. The molecule has 0 unspecified atom stereocenters. The quantitative estimate of drug-likeness (QED) is 0.157. The van der Waals surface area contributed by atoms with Gasteiger partial charge in [0.2, 0.25) is 0 Å². The number of halogens is 3. The number of hydrogen-bond acceptors (Lipinski definition) is 1. The van der Waals surface area contributed by atoms with E-state index in [1.165, 1.54) is 12.1 Å². The number of benzene rings is 10. The van der Waals surface area contributed by atoms with Crippen LogP contribution in [0.4, 0.5) is 13.2 Å². The Morgan fingerprint density at radius 1 is 0.347 bits per heavy atom. The van der Waals surface area contributed by atoms with Crippen molar-refractivity contribution in [3.8, 4) is 73.1 Å². The molecule has 0 amide bonds. The first kappa shape index (κ1) is 44.3. The fourth-order valence-electron chi connectivity index (χ4n) is 10.5. The normalized spacial score (nSPS) is 11.8. The van der Waals surface area contributed by atoms with Crippen LogP contribution in [0.1, 0.15) is 33.4 Å². The number of nitrogens with zero attached hydrogens (tertiary/aromatic N) is 3. The molecule has 72 heavy (non-hydrogen) atoms. The lowest BCUT2D eigenvalue weighted by Crippen LogP contribution is -2.09. The van der Waals surface area contributed by atoms with Crippen LogP contribution in [-0.2, 0) is 6.18 Å². The van der Waals surface area contributed by atoms with Gasteiger partial charge in [0.15, 0.2) is 0 Å². The summed E-state index contributed by atoms with van der Waals surface area (Å²) in [5.41, 5.74) is 17.1. The lowest BCUT2D eigenvalue weighted by atomic mass is 9.95. The van der Waals surface area contributed by atoms with Crippen LogP contribution in [0.15, 0.2) is 206 Å². The zero-order chi connectivity index (χ0) is 49.4. The summed E-state index contributed by atoms with van der Waals surface area (Å²) in [5.74, 6) is 0. The number of nitriles is 1. The van der Waals surface area contributed by atoms with Gasteiger partial charge in [-0.25, -0.2) is 0 Å². The summed E-state index contributed by atoms with van der Waals surface area (Å²) < 4.78 is 49.7. The van der Waals surface area contributed by atoms with Crippen LogP contribution in [0.2, 0.25) is 0 Å². The highest BCUT2D eigenvalue weighted by Crippen LogP contribution is 2.45. The number of aryl methyl sites for hydroxylation is 4. The fraction of sp³-hybridized carbons (Fsp3) is 0.0758. The maximum atomic E-state index is 15.2. The third-order valence-electron chi connectivity index (χ3n) is 14.3. The molecule has 2 aromatic heterocycles. The minimum absolute atomic E-state index is 0.0187. The Morgan fingerprint density at radius 3 is 0.931 bits per heavy atom. The molecule has 0 saturated carbocycles. The molecule has 0 aliphatic carbocycles. The van der Waals surface area contributed by atoms with Crippen molar-refractivity contribution in [1.29, 1.82) is 5.26 Å². The third-order valence-corrected chi connectivity index (χ3v) is 14.3. The van der Waals surface area contributed by atoms with E-state index in [9.17, 15) is 5.26 Å². The van der Waals surface area contributed by atoms with Gasteiger partial charge in [-0.1, -0.05) is 162 Å². The second-order valence-electron chi connectivity index (χ2n) is 19.1. The van der Waals surface area contributed by atoms with Gasteiger partial charge in [0.25, 0.3) is 0 Å². The van der Waals surface area contributed by atoms with Crippen LogP contribution >= 0.6 is 0 Å². The monoisotopic (exact) mass is 937 g/mol. The number of rotatable bonds is 7. The Balaban J connectivity index is 1.19. The van der Waals surface area contributed by atoms with E-state index < -0.39 is 11.7 Å². The lowest BCUT2D eigenvalue weighted by molar-refractivity contribution is -0.137. The molecule has 0 fully saturated rings. The van der Waals surface area contributed by atoms with Crippen molar-refractivity contribution in [3.63, 3.8) is 0 Å². The SMILES string of the molecule is Cc1ccc(-c2ccc3c(c2)c2cc(-c4ccc(C)cc4)ccc2n3-c2cc(-c3ccccc3C(F)(F)F)cc(-n3c4ccc(-c5ccc(C)cc5)cc4c4cc(-c5ccc(C)cc5)ccc43)c2C#N)cc1. The van der Waals surface area contributed by atoms with Gasteiger partial charge in [-0.15, -0.1) is 0 Å². The summed E-state index contributed by atoms with van der Waals surface area (Å²) >= 11 is 0. The molecule has 6 heteroatoms. The Bertz CT molecular complexity index is 3710. The molecule has 12 rings (SSSR count). The molecule has 3 nitrogen and oxygen atoms in total. The van der Waals surface area contributed by atoms with Crippen molar-refractivity contribution in [3.05, 3.63) is 240 Å². The first-order valence-corrected chi connectivity index (χ1v) is 24.1. The summed E-state index contributed by atoms with van der Waals surface area (Å²) in [5, 5.41) is 15.5. The predicted octanol–water partition coefficient (Wildman–Crippen LogP) is 18.3. The minimum atomic E-state index is -4.65. The van der Waals surface area contributed by atoms with Gasteiger partial charge < -0.3 is 9.13 Å². The van der Waals surface area contributed by atoms with Gasteiger partial charge in [-0.2, -0.15) is 18.4 Å². The van der Waals surface area contributed by atoms with Crippen LogP contribution in [0.3, 0.4) is 0 Å². The van der Waals surface area contributed by atoms with Crippen molar-refractivity contribution in [2.75, 3.05) is 0 Å². The Kier molecular flexibility index (Phi) is 10.6. The second-order valence-corrected chi connectivity index (χ2v) is 19.1. The maximum absolute atomic E-state index is 15.2. The van der Waals surface area contributed by atoms with Gasteiger partial charge in [0, 0.05) is 21.5 Å². The van der Waals surface area contributed by atoms with E-state index in [0.717, 1.165) is 116 Å². The number of alkyl halides is 3. The van der Waals surface area contributed by atoms with Crippen molar-refractivity contribution in [2.24, 2.45) is 0 Å². The van der Waals surface area contributed by atoms with Crippen LogP contribution in [0, 0.1) is 39.0 Å². The van der Waals surface area contributed by atoms with E-state index in [1.807, 2.05) is 0 Å². The largest absolute Gasteiger partial charge is 0.417 e. The van der Waals surface area contributed by atoms with Crippen LogP contribution < -0.4 is 0 Å². The number of fused-ring (bicyclic) bond motifs is 6. The first-order valence-electron chi connectivity index (χ1n) is 24.1. The Labute approximate surface area is 415 Å². The van der Waals surface area contributed by atoms with E-state index in [4.69, 9.17) is 0 Å².